The molecule has 3 rings (SSSR count). The Bertz CT molecular complexity index is 834. The summed E-state index contributed by atoms with van der Waals surface area (Å²) < 4.78 is 6.09. The van der Waals surface area contributed by atoms with Gasteiger partial charge in [0.25, 0.3) is 0 Å². The Labute approximate surface area is 174 Å². The lowest BCUT2D eigenvalue weighted by atomic mass is 9.89. The molecule has 0 saturated carbocycles. The third-order valence-electron chi connectivity index (χ3n) is 4.50. The minimum atomic E-state index is -0.322. The van der Waals surface area contributed by atoms with Crippen molar-refractivity contribution in [3.8, 4) is 5.75 Å². The second-order valence-electron chi connectivity index (χ2n) is 7.42. The van der Waals surface area contributed by atoms with E-state index in [0.29, 0.717) is 21.6 Å². The molecule has 1 atom stereocenters. The van der Waals surface area contributed by atoms with Crippen molar-refractivity contribution < 1.29 is 9.53 Å². The number of benzene rings is 2. The fraction of sp³-hybridized carbons (Fsp3) is 0.381. The van der Waals surface area contributed by atoms with Crippen LogP contribution in [0.3, 0.4) is 0 Å². The monoisotopic (exact) mass is 423 g/mol. The summed E-state index contributed by atoms with van der Waals surface area (Å²) in [4.78, 5) is 12.5. The Hall–Kier alpha value is -1.36. The number of hydrogen-bond donors (Lipinski definition) is 1. The van der Waals surface area contributed by atoms with Crippen molar-refractivity contribution in [2.45, 2.75) is 44.6 Å². The molecule has 1 aliphatic rings. The van der Waals surface area contributed by atoms with Gasteiger partial charge >= 0.3 is 0 Å². The lowest BCUT2D eigenvalue weighted by molar-refractivity contribution is -0.119. The summed E-state index contributed by atoms with van der Waals surface area (Å²) in [5.74, 6) is 1.80. The molecule has 1 N–H and O–H groups in total. The minimum absolute atomic E-state index is 0.00241. The fourth-order valence-corrected chi connectivity index (χ4v) is 4.81. The molecule has 1 amide bonds. The number of fused-ring (bicyclic) bond motifs is 1. The summed E-state index contributed by atoms with van der Waals surface area (Å²) >= 11 is 13.9. The maximum Gasteiger partial charge on any atom is 0.230 e. The zero-order chi connectivity index (χ0) is 19.6. The van der Waals surface area contributed by atoms with E-state index in [4.69, 9.17) is 27.9 Å². The van der Waals surface area contributed by atoms with Gasteiger partial charge in [-0.1, -0.05) is 41.4 Å². The molecule has 0 aromatic heterocycles. The first-order valence-electron chi connectivity index (χ1n) is 8.85. The SMILES string of the molecule is Cc1ccc2c(c1)OC(C)(C)C[C@H]2NC(=O)CSCc1c(Cl)cccc1Cl. The highest BCUT2D eigenvalue weighted by molar-refractivity contribution is 7.99. The first-order valence-corrected chi connectivity index (χ1v) is 10.8. The van der Waals surface area contributed by atoms with E-state index < -0.39 is 0 Å². The highest BCUT2D eigenvalue weighted by Crippen LogP contribution is 2.40. The summed E-state index contributed by atoms with van der Waals surface area (Å²) in [6, 6.07) is 11.5. The van der Waals surface area contributed by atoms with E-state index in [2.05, 4.69) is 5.32 Å². The highest BCUT2D eigenvalue weighted by Gasteiger charge is 2.34. The van der Waals surface area contributed by atoms with Gasteiger partial charge in [0.15, 0.2) is 0 Å². The molecular formula is C21H23Cl2NO2S. The lowest BCUT2D eigenvalue weighted by Crippen LogP contribution is -2.41. The van der Waals surface area contributed by atoms with Crippen molar-refractivity contribution in [2.75, 3.05) is 5.75 Å². The number of halogens is 2. The van der Waals surface area contributed by atoms with Crippen molar-refractivity contribution in [1.29, 1.82) is 0 Å². The average molecular weight is 424 g/mol. The highest BCUT2D eigenvalue weighted by atomic mass is 35.5. The zero-order valence-corrected chi connectivity index (χ0v) is 18.0. The van der Waals surface area contributed by atoms with Crippen LogP contribution >= 0.6 is 35.0 Å². The van der Waals surface area contributed by atoms with Gasteiger partial charge in [-0.2, -0.15) is 0 Å². The molecule has 2 aromatic carbocycles. The Morgan fingerprint density at radius 1 is 1.26 bits per heavy atom. The van der Waals surface area contributed by atoms with Crippen LogP contribution in [0.5, 0.6) is 5.75 Å². The van der Waals surface area contributed by atoms with Gasteiger partial charge in [0.2, 0.25) is 5.91 Å². The second kappa shape index (κ2) is 8.34. The summed E-state index contributed by atoms with van der Waals surface area (Å²) in [7, 11) is 0. The van der Waals surface area contributed by atoms with Crippen LogP contribution in [0.4, 0.5) is 0 Å². The van der Waals surface area contributed by atoms with Crippen molar-refractivity contribution in [3.05, 3.63) is 63.1 Å². The van der Waals surface area contributed by atoms with Crippen molar-refractivity contribution >= 4 is 40.9 Å². The van der Waals surface area contributed by atoms with Gasteiger partial charge in [0, 0.05) is 27.8 Å². The summed E-state index contributed by atoms with van der Waals surface area (Å²) in [5, 5.41) is 4.42. The van der Waals surface area contributed by atoms with Crippen LogP contribution < -0.4 is 10.1 Å². The maximum absolute atomic E-state index is 12.5. The van der Waals surface area contributed by atoms with E-state index in [1.165, 1.54) is 11.8 Å². The number of ether oxygens (including phenoxy) is 1. The third-order valence-corrected chi connectivity index (χ3v) is 6.17. The van der Waals surface area contributed by atoms with Gasteiger partial charge in [-0.15, -0.1) is 11.8 Å². The average Bonchev–Trinajstić information content (AvgIpc) is 2.56. The molecule has 0 bridgehead atoms. The Balaban J connectivity index is 1.62. The third kappa shape index (κ3) is 5.13. The second-order valence-corrected chi connectivity index (χ2v) is 9.22. The number of carbonyl (C=O) groups is 1. The Kier molecular flexibility index (Phi) is 6.29. The molecule has 3 nitrogen and oxygen atoms in total. The number of aryl methyl sites for hydroxylation is 1. The lowest BCUT2D eigenvalue weighted by Gasteiger charge is -2.38. The van der Waals surface area contributed by atoms with Crippen LogP contribution in [0.2, 0.25) is 10.0 Å². The topological polar surface area (TPSA) is 38.3 Å². The molecule has 0 unspecified atom stereocenters. The molecule has 1 heterocycles. The smallest absolute Gasteiger partial charge is 0.230 e. The van der Waals surface area contributed by atoms with Crippen LogP contribution in [0.15, 0.2) is 36.4 Å². The number of amides is 1. The number of thioether (sulfide) groups is 1. The quantitative estimate of drug-likeness (QED) is 0.644. The first kappa shape index (κ1) is 20.4. The van der Waals surface area contributed by atoms with Gasteiger partial charge in [0.1, 0.15) is 11.4 Å². The van der Waals surface area contributed by atoms with Crippen LogP contribution in [-0.2, 0) is 10.5 Å². The molecule has 0 aliphatic carbocycles. The van der Waals surface area contributed by atoms with Crippen LogP contribution in [-0.4, -0.2) is 17.3 Å². The Morgan fingerprint density at radius 3 is 2.67 bits per heavy atom. The zero-order valence-electron chi connectivity index (χ0n) is 15.6. The van der Waals surface area contributed by atoms with E-state index in [1.807, 2.05) is 57.2 Å². The molecule has 27 heavy (non-hydrogen) atoms. The fourth-order valence-electron chi connectivity index (χ4n) is 3.24. The minimum Gasteiger partial charge on any atom is -0.487 e. The summed E-state index contributed by atoms with van der Waals surface area (Å²) in [6.45, 7) is 6.13. The van der Waals surface area contributed by atoms with E-state index in [0.717, 1.165) is 28.9 Å². The number of rotatable bonds is 5. The van der Waals surface area contributed by atoms with Gasteiger partial charge in [0.05, 0.1) is 11.8 Å². The van der Waals surface area contributed by atoms with Gasteiger partial charge in [-0.05, 0) is 50.1 Å². The molecule has 2 aromatic rings. The molecular weight excluding hydrogens is 401 g/mol. The largest absolute Gasteiger partial charge is 0.487 e. The normalized spacial score (nSPS) is 17.7. The summed E-state index contributed by atoms with van der Waals surface area (Å²) in [5.41, 5.74) is 2.72. The number of carbonyl (C=O) groups excluding carboxylic acids is 1. The van der Waals surface area contributed by atoms with Crippen molar-refractivity contribution in [2.24, 2.45) is 0 Å². The van der Waals surface area contributed by atoms with Gasteiger partial charge < -0.3 is 10.1 Å². The van der Waals surface area contributed by atoms with E-state index in [9.17, 15) is 4.79 Å². The molecule has 0 fully saturated rings. The van der Waals surface area contributed by atoms with Crippen LogP contribution in [0.1, 0.15) is 43.0 Å². The number of nitrogens with one attached hydrogen (secondary N) is 1. The van der Waals surface area contributed by atoms with Gasteiger partial charge in [-0.25, -0.2) is 0 Å². The maximum atomic E-state index is 12.5. The Morgan fingerprint density at radius 2 is 1.96 bits per heavy atom. The molecule has 6 heteroatoms. The molecule has 1 aliphatic heterocycles. The number of hydrogen-bond acceptors (Lipinski definition) is 3. The molecule has 0 spiro atoms. The van der Waals surface area contributed by atoms with E-state index in [1.54, 1.807) is 0 Å². The van der Waals surface area contributed by atoms with E-state index >= 15 is 0 Å². The van der Waals surface area contributed by atoms with Crippen molar-refractivity contribution in [3.63, 3.8) is 0 Å². The van der Waals surface area contributed by atoms with Crippen LogP contribution in [0, 0.1) is 6.92 Å². The van der Waals surface area contributed by atoms with Gasteiger partial charge in [-0.3, -0.25) is 4.79 Å². The predicted octanol–water partition coefficient (Wildman–Crippen LogP) is 5.95. The van der Waals surface area contributed by atoms with E-state index in [-0.39, 0.29) is 17.6 Å². The summed E-state index contributed by atoms with van der Waals surface area (Å²) in [6.07, 6.45) is 0.732. The predicted molar refractivity (Wildman–Crippen MR) is 114 cm³/mol. The van der Waals surface area contributed by atoms with Crippen molar-refractivity contribution in [1.82, 2.24) is 5.32 Å². The molecule has 144 valence electrons. The van der Waals surface area contributed by atoms with Crippen LogP contribution in [0.25, 0.3) is 0 Å². The molecule has 0 radical (unpaired) electrons. The standard InChI is InChI=1S/C21H23Cl2NO2S/c1-13-7-8-14-18(10-21(2,3)26-19(14)9-13)24-20(25)12-27-11-15-16(22)5-4-6-17(15)23/h4-9,18H,10-12H2,1-3H3,(H,24,25)/t18-/m1/s1. The first-order chi connectivity index (χ1) is 12.7. The molecule has 0 saturated heterocycles.